The van der Waals surface area contributed by atoms with Gasteiger partial charge in [-0.2, -0.15) is 16.1 Å². The molecule has 100 valence electrons. The molecule has 0 spiro atoms. The number of aliphatic imine (C=N–C) groups is 1. The maximum atomic E-state index is 10.4. The molecule has 0 amide bonds. The molecule has 0 aliphatic rings. The second-order valence-corrected chi connectivity index (χ2v) is 5.16. The van der Waals surface area contributed by atoms with E-state index in [0.29, 0.717) is 18.9 Å². The topological polar surface area (TPSA) is 80.4 Å². The minimum atomic E-state index is -0.371. The third kappa shape index (κ3) is 6.55. The van der Waals surface area contributed by atoms with E-state index in [2.05, 4.69) is 14.7 Å². The molecule has 6 nitrogen and oxygen atoms in total. The average molecular weight is 288 g/mol. The first-order chi connectivity index (χ1) is 8.72. The van der Waals surface area contributed by atoms with E-state index in [9.17, 15) is 10.1 Å². The van der Waals surface area contributed by atoms with Gasteiger partial charge in [0.15, 0.2) is 5.84 Å². The lowest BCUT2D eigenvalue weighted by Gasteiger charge is -2.03. The number of nitro groups is 1. The summed E-state index contributed by atoms with van der Waals surface area (Å²) in [6.45, 7) is 2.90. The van der Waals surface area contributed by atoms with Crippen molar-refractivity contribution in [2.75, 3.05) is 25.4 Å². The molecular weight excluding hydrogens is 272 g/mol. The molecule has 0 aliphatic heterocycles. The summed E-state index contributed by atoms with van der Waals surface area (Å²) in [5, 5.41) is 15.3. The van der Waals surface area contributed by atoms with Crippen molar-refractivity contribution in [1.82, 2.24) is 9.69 Å². The van der Waals surface area contributed by atoms with Crippen molar-refractivity contribution in [1.29, 1.82) is 0 Å². The Balaban J connectivity index is 2.21. The average Bonchev–Trinajstić information content (AvgIpc) is 2.81. The smallest absolute Gasteiger partial charge is 0.259 e. The van der Waals surface area contributed by atoms with Gasteiger partial charge in [-0.05, 0) is 24.5 Å². The number of hydrogen-bond acceptors (Lipinski definition) is 6. The molecule has 1 rings (SSSR count). The largest absolute Gasteiger partial charge is 0.369 e. The van der Waals surface area contributed by atoms with Gasteiger partial charge in [0.05, 0.1) is 12.2 Å². The van der Waals surface area contributed by atoms with E-state index < -0.39 is 0 Å². The number of nitrogens with zero attached hydrogens (tertiary/aromatic N) is 3. The molecule has 0 bridgehead atoms. The predicted molar refractivity (Wildman–Crippen MR) is 76.1 cm³/mol. The molecule has 1 aromatic heterocycles. The van der Waals surface area contributed by atoms with Crippen molar-refractivity contribution in [2.45, 2.75) is 12.7 Å². The monoisotopic (exact) mass is 288 g/mol. The molecule has 0 saturated carbocycles. The van der Waals surface area contributed by atoms with Gasteiger partial charge >= 0.3 is 0 Å². The zero-order chi connectivity index (χ0) is 13.2. The van der Waals surface area contributed by atoms with Crippen LogP contribution in [0.5, 0.6) is 0 Å². The van der Waals surface area contributed by atoms with Gasteiger partial charge in [0.25, 0.3) is 6.54 Å². The molecule has 18 heavy (non-hydrogen) atoms. The van der Waals surface area contributed by atoms with Crippen molar-refractivity contribution in [3.8, 4) is 0 Å². The Morgan fingerprint density at radius 1 is 1.72 bits per heavy atom. The van der Waals surface area contributed by atoms with Gasteiger partial charge in [0, 0.05) is 28.4 Å². The molecule has 1 heterocycles. The highest BCUT2D eigenvalue weighted by Gasteiger charge is 2.05. The van der Waals surface area contributed by atoms with Crippen molar-refractivity contribution in [3.63, 3.8) is 0 Å². The Labute approximate surface area is 114 Å². The van der Waals surface area contributed by atoms with Crippen LogP contribution in [-0.2, 0) is 5.75 Å². The standard InChI is InChI=1S/C10H16N4O2S2/c1-2-11-10(7-14(15)16)12-4-6-17-8-9-3-5-18-13-9/h3,5H,2,4,6-8H2,1H3,(H,11,12). The fraction of sp³-hybridized carbons (Fsp3) is 0.600. The van der Waals surface area contributed by atoms with Crippen LogP contribution in [0.1, 0.15) is 12.6 Å². The molecule has 1 aromatic rings. The maximum absolute atomic E-state index is 10.4. The van der Waals surface area contributed by atoms with E-state index in [1.165, 1.54) is 11.5 Å². The Bertz CT molecular complexity index is 381. The number of aromatic nitrogens is 1. The molecule has 0 saturated heterocycles. The second kappa shape index (κ2) is 8.87. The number of likely N-dealkylation sites (N-methyl/N-ethyl adjacent to an activating group) is 1. The first-order valence-corrected chi connectivity index (χ1v) is 7.57. The molecule has 0 aliphatic carbocycles. The molecule has 0 atom stereocenters. The lowest BCUT2D eigenvalue weighted by Crippen LogP contribution is -2.30. The highest BCUT2D eigenvalue weighted by molar-refractivity contribution is 7.98. The lowest BCUT2D eigenvalue weighted by atomic mass is 10.5. The highest BCUT2D eigenvalue weighted by atomic mass is 32.2. The van der Waals surface area contributed by atoms with Crippen LogP contribution in [0.4, 0.5) is 0 Å². The molecule has 0 unspecified atom stereocenters. The summed E-state index contributed by atoms with van der Waals surface area (Å²) in [5.41, 5.74) is 1.08. The van der Waals surface area contributed by atoms with E-state index in [1.54, 1.807) is 11.8 Å². The molecule has 0 aromatic carbocycles. The fourth-order valence-corrected chi connectivity index (χ4v) is 2.58. The second-order valence-electron chi connectivity index (χ2n) is 3.39. The van der Waals surface area contributed by atoms with Crippen molar-refractivity contribution < 1.29 is 4.92 Å². The quantitative estimate of drug-likeness (QED) is 0.259. The van der Waals surface area contributed by atoms with Gasteiger partial charge in [0.2, 0.25) is 0 Å². The third-order valence-electron chi connectivity index (χ3n) is 1.94. The maximum Gasteiger partial charge on any atom is 0.259 e. The minimum Gasteiger partial charge on any atom is -0.369 e. The summed E-state index contributed by atoms with van der Waals surface area (Å²) in [6, 6.07) is 2.00. The van der Waals surface area contributed by atoms with E-state index in [4.69, 9.17) is 0 Å². The van der Waals surface area contributed by atoms with Crippen LogP contribution < -0.4 is 5.32 Å². The summed E-state index contributed by atoms with van der Waals surface area (Å²) in [4.78, 5) is 14.2. The van der Waals surface area contributed by atoms with Crippen LogP contribution in [0.2, 0.25) is 0 Å². The van der Waals surface area contributed by atoms with Crippen LogP contribution in [0.25, 0.3) is 0 Å². The summed E-state index contributed by atoms with van der Waals surface area (Å²) >= 11 is 3.18. The fourth-order valence-electron chi connectivity index (χ4n) is 1.22. The van der Waals surface area contributed by atoms with E-state index in [-0.39, 0.29) is 11.5 Å². The van der Waals surface area contributed by atoms with Crippen LogP contribution in [0.15, 0.2) is 16.4 Å². The zero-order valence-electron chi connectivity index (χ0n) is 10.2. The summed E-state index contributed by atoms with van der Waals surface area (Å²) in [5.74, 6) is 2.16. The molecular formula is C10H16N4O2S2. The Morgan fingerprint density at radius 2 is 2.56 bits per heavy atom. The minimum absolute atomic E-state index is 0.232. The van der Waals surface area contributed by atoms with Gasteiger partial charge in [-0.1, -0.05) is 0 Å². The van der Waals surface area contributed by atoms with Crippen LogP contribution in [0.3, 0.4) is 0 Å². The highest BCUT2D eigenvalue weighted by Crippen LogP contribution is 2.11. The first kappa shape index (κ1) is 14.9. The number of amidine groups is 1. The number of thioether (sulfide) groups is 1. The Kier molecular flexibility index (Phi) is 7.35. The van der Waals surface area contributed by atoms with E-state index in [0.717, 1.165) is 17.2 Å². The normalized spacial score (nSPS) is 11.5. The Hall–Kier alpha value is -1.15. The number of hydrogen-bond donors (Lipinski definition) is 1. The SMILES string of the molecule is CCNC(C[N+](=O)[O-])=NCCSCc1ccsn1. The predicted octanol–water partition coefficient (Wildman–Crippen LogP) is 1.66. The number of nitrogens with one attached hydrogen (secondary N) is 1. The van der Waals surface area contributed by atoms with Crippen LogP contribution in [-0.4, -0.2) is 40.5 Å². The Morgan fingerprint density at radius 3 is 3.17 bits per heavy atom. The van der Waals surface area contributed by atoms with Gasteiger partial charge < -0.3 is 5.32 Å². The summed E-state index contributed by atoms with van der Waals surface area (Å²) in [7, 11) is 0. The zero-order valence-corrected chi connectivity index (χ0v) is 11.8. The van der Waals surface area contributed by atoms with E-state index in [1.807, 2.05) is 18.4 Å². The van der Waals surface area contributed by atoms with Gasteiger partial charge in [-0.3, -0.25) is 15.1 Å². The first-order valence-electron chi connectivity index (χ1n) is 5.58. The van der Waals surface area contributed by atoms with Crippen LogP contribution in [0, 0.1) is 10.1 Å². The van der Waals surface area contributed by atoms with Gasteiger partial charge in [0.1, 0.15) is 0 Å². The summed E-state index contributed by atoms with van der Waals surface area (Å²) < 4.78 is 4.20. The number of rotatable bonds is 8. The van der Waals surface area contributed by atoms with Crippen molar-refractivity contribution in [3.05, 3.63) is 27.3 Å². The molecule has 0 fully saturated rings. The lowest BCUT2D eigenvalue weighted by molar-refractivity contribution is -0.463. The molecule has 1 N–H and O–H groups in total. The molecule has 8 heteroatoms. The van der Waals surface area contributed by atoms with Gasteiger partial charge in [-0.25, -0.2) is 0 Å². The van der Waals surface area contributed by atoms with Crippen molar-refractivity contribution in [2.24, 2.45) is 4.99 Å². The van der Waals surface area contributed by atoms with E-state index >= 15 is 0 Å². The molecule has 0 radical (unpaired) electrons. The van der Waals surface area contributed by atoms with Gasteiger partial charge in [-0.15, -0.1) is 0 Å². The van der Waals surface area contributed by atoms with Crippen LogP contribution >= 0.6 is 23.3 Å². The summed E-state index contributed by atoms with van der Waals surface area (Å²) in [6.07, 6.45) is 0. The third-order valence-corrected chi connectivity index (χ3v) is 3.51. The van der Waals surface area contributed by atoms with Crippen molar-refractivity contribution >= 4 is 29.1 Å².